The maximum absolute atomic E-state index is 13.0. The lowest BCUT2D eigenvalue weighted by Crippen LogP contribution is -2.25. The molecule has 0 heterocycles. The number of nitrogens with one attached hydrogen (secondary N) is 1. The van der Waals surface area contributed by atoms with Crippen LogP contribution in [0.3, 0.4) is 0 Å². The van der Waals surface area contributed by atoms with E-state index in [0.29, 0.717) is 18.5 Å². The molecule has 0 atom stereocenters. The summed E-state index contributed by atoms with van der Waals surface area (Å²) in [6.45, 7) is 0.484. The van der Waals surface area contributed by atoms with Gasteiger partial charge in [-0.1, -0.05) is 28.1 Å². The first-order valence-corrected chi connectivity index (χ1v) is 6.72. The summed E-state index contributed by atoms with van der Waals surface area (Å²) < 4.78 is 13.9. The molecule has 1 amide bonds. The molecule has 4 heteroatoms. The van der Waals surface area contributed by atoms with Gasteiger partial charge in [0.2, 0.25) is 0 Å². The summed E-state index contributed by atoms with van der Waals surface area (Å²) in [5.74, 6) is -0.374. The minimum Gasteiger partial charge on any atom is -0.352 e. The molecule has 2 rings (SSSR count). The minimum atomic E-state index is -0.253. The highest BCUT2D eigenvalue weighted by molar-refractivity contribution is 9.10. The van der Waals surface area contributed by atoms with Crippen molar-refractivity contribution in [2.24, 2.45) is 0 Å². The Morgan fingerprint density at radius 1 is 1.16 bits per heavy atom. The van der Waals surface area contributed by atoms with E-state index in [2.05, 4.69) is 21.2 Å². The van der Waals surface area contributed by atoms with E-state index in [0.717, 1.165) is 10.0 Å². The standard InChI is InChI=1S/C15H13BrFNO/c16-13-6-4-12(5-7-13)15(19)18-9-8-11-2-1-3-14(17)10-11/h1-7,10H,8-9H2,(H,18,19). The highest BCUT2D eigenvalue weighted by Gasteiger charge is 2.04. The Bertz CT molecular complexity index is 569. The summed E-state index contributed by atoms with van der Waals surface area (Å²) in [6, 6.07) is 13.5. The van der Waals surface area contributed by atoms with Crippen molar-refractivity contribution in [2.45, 2.75) is 6.42 Å². The van der Waals surface area contributed by atoms with Crippen LogP contribution in [0.15, 0.2) is 53.0 Å². The van der Waals surface area contributed by atoms with Gasteiger partial charge in [0.15, 0.2) is 0 Å². The molecule has 2 aromatic carbocycles. The Balaban J connectivity index is 1.86. The monoisotopic (exact) mass is 321 g/mol. The average Bonchev–Trinajstić information content (AvgIpc) is 2.39. The molecule has 2 aromatic rings. The van der Waals surface area contributed by atoms with E-state index in [4.69, 9.17) is 0 Å². The van der Waals surface area contributed by atoms with Crippen molar-refractivity contribution in [3.05, 3.63) is 69.9 Å². The Morgan fingerprint density at radius 3 is 2.58 bits per heavy atom. The van der Waals surface area contributed by atoms with E-state index in [9.17, 15) is 9.18 Å². The maximum atomic E-state index is 13.0. The molecule has 19 heavy (non-hydrogen) atoms. The third-order valence-corrected chi connectivity index (χ3v) is 3.22. The number of amides is 1. The molecule has 0 bridgehead atoms. The normalized spacial score (nSPS) is 10.2. The Morgan fingerprint density at radius 2 is 1.89 bits per heavy atom. The molecule has 0 radical (unpaired) electrons. The molecule has 0 saturated carbocycles. The molecule has 1 N–H and O–H groups in total. The molecule has 0 aliphatic heterocycles. The van der Waals surface area contributed by atoms with Crippen LogP contribution in [-0.4, -0.2) is 12.5 Å². The summed E-state index contributed by atoms with van der Waals surface area (Å²) in [5, 5.41) is 2.81. The molecule has 0 fully saturated rings. The van der Waals surface area contributed by atoms with Gasteiger partial charge in [-0.15, -0.1) is 0 Å². The SMILES string of the molecule is O=C(NCCc1cccc(F)c1)c1ccc(Br)cc1. The lowest BCUT2D eigenvalue weighted by molar-refractivity contribution is 0.0954. The van der Waals surface area contributed by atoms with Crippen molar-refractivity contribution < 1.29 is 9.18 Å². The second-order valence-corrected chi connectivity index (χ2v) is 5.06. The fraction of sp³-hybridized carbons (Fsp3) is 0.133. The number of rotatable bonds is 4. The summed E-state index contributed by atoms with van der Waals surface area (Å²) in [5.41, 5.74) is 1.48. The van der Waals surface area contributed by atoms with Gasteiger partial charge in [0.05, 0.1) is 0 Å². The number of halogens is 2. The first kappa shape index (κ1) is 13.7. The third-order valence-electron chi connectivity index (χ3n) is 2.69. The number of carbonyl (C=O) groups excluding carboxylic acids is 1. The second-order valence-electron chi connectivity index (χ2n) is 4.14. The predicted molar refractivity (Wildman–Crippen MR) is 76.6 cm³/mol. The number of hydrogen-bond acceptors (Lipinski definition) is 1. The van der Waals surface area contributed by atoms with Crippen molar-refractivity contribution in [2.75, 3.05) is 6.54 Å². The van der Waals surface area contributed by atoms with Crippen molar-refractivity contribution in [1.82, 2.24) is 5.32 Å². The molecule has 0 aliphatic rings. The summed E-state index contributed by atoms with van der Waals surface area (Å²) in [4.78, 5) is 11.8. The Kier molecular flexibility index (Phi) is 4.68. The van der Waals surface area contributed by atoms with Gasteiger partial charge in [-0.2, -0.15) is 0 Å². The summed E-state index contributed by atoms with van der Waals surface area (Å²) in [6.07, 6.45) is 0.611. The first-order valence-electron chi connectivity index (χ1n) is 5.93. The van der Waals surface area contributed by atoms with Gasteiger partial charge in [0.25, 0.3) is 5.91 Å². The lowest BCUT2D eigenvalue weighted by atomic mass is 10.1. The van der Waals surface area contributed by atoms with Crippen LogP contribution in [-0.2, 0) is 6.42 Å². The minimum absolute atomic E-state index is 0.121. The van der Waals surface area contributed by atoms with Gasteiger partial charge in [0, 0.05) is 16.6 Å². The molecule has 0 unspecified atom stereocenters. The summed E-state index contributed by atoms with van der Waals surface area (Å²) in [7, 11) is 0. The molecule has 0 aliphatic carbocycles. The quantitative estimate of drug-likeness (QED) is 0.916. The van der Waals surface area contributed by atoms with Crippen LogP contribution >= 0.6 is 15.9 Å². The van der Waals surface area contributed by atoms with Gasteiger partial charge < -0.3 is 5.32 Å². The molecule has 0 saturated heterocycles. The Hall–Kier alpha value is -1.68. The fourth-order valence-corrected chi connectivity index (χ4v) is 1.98. The second kappa shape index (κ2) is 6.48. The topological polar surface area (TPSA) is 29.1 Å². The van der Waals surface area contributed by atoms with Crippen LogP contribution in [0, 0.1) is 5.82 Å². The van der Waals surface area contributed by atoms with Gasteiger partial charge >= 0.3 is 0 Å². The van der Waals surface area contributed by atoms with E-state index < -0.39 is 0 Å². The predicted octanol–water partition coefficient (Wildman–Crippen LogP) is 3.56. The van der Waals surface area contributed by atoms with Crippen molar-refractivity contribution in [1.29, 1.82) is 0 Å². The van der Waals surface area contributed by atoms with Crippen LogP contribution in [0.25, 0.3) is 0 Å². The number of carbonyl (C=O) groups is 1. The van der Waals surface area contributed by atoms with Gasteiger partial charge in [-0.25, -0.2) is 4.39 Å². The highest BCUT2D eigenvalue weighted by Crippen LogP contribution is 2.10. The van der Waals surface area contributed by atoms with E-state index in [1.54, 1.807) is 18.2 Å². The largest absolute Gasteiger partial charge is 0.352 e. The van der Waals surface area contributed by atoms with Gasteiger partial charge in [0.1, 0.15) is 5.82 Å². The number of benzene rings is 2. The van der Waals surface area contributed by atoms with Gasteiger partial charge in [-0.3, -0.25) is 4.79 Å². The zero-order valence-electron chi connectivity index (χ0n) is 10.2. The van der Waals surface area contributed by atoms with Crippen LogP contribution < -0.4 is 5.32 Å². The van der Waals surface area contributed by atoms with E-state index in [1.165, 1.54) is 12.1 Å². The van der Waals surface area contributed by atoms with Crippen LogP contribution in [0.4, 0.5) is 4.39 Å². The molecular formula is C15H13BrFNO. The zero-order valence-corrected chi connectivity index (χ0v) is 11.8. The maximum Gasteiger partial charge on any atom is 0.251 e. The van der Waals surface area contributed by atoms with E-state index in [1.807, 2.05) is 18.2 Å². The fourth-order valence-electron chi connectivity index (χ4n) is 1.72. The van der Waals surface area contributed by atoms with Crippen molar-refractivity contribution in [3.63, 3.8) is 0 Å². The van der Waals surface area contributed by atoms with Crippen molar-refractivity contribution >= 4 is 21.8 Å². The lowest BCUT2D eigenvalue weighted by Gasteiger charge is -2.05. The van der Waals surface area contributed by atoms with Crippen molar-refractivity contribution in [3.8, 4) is 0 Å². The first-order chi connectivity index (χ1) is 9.15. The molecule has 0 aromatic heterocycles. The summed E-state index contributed by atoms with van der Waals surface area (Å²) >= 11 is 3.32. The smallest absolute Gasteiger partial charge is 0.251 e. The van der Waals surface area contributed by atoms with E-state index in [-0.39, 0.29) is 11.7 Å². The van der Waals surface area contributed by atoms with E-state index >= 15 is 0 Å². The highest BCUT2D eigenvalue weighted by atomic mass is 79.9. The number of hydrogen-bond donors (Lipinski definition) is 1. The van der Waals surface area contributed by atoms with Crippen LogP contribution in [0.2, 0.25) is 0 Å². The van der Waals surface area contributed by atoms with Crippen LogP contribution in [0.1, 0.15) is 15.9 Å². The molecular weight excluding hydrogens is 309 g/mol. The Labute approximate surface area is 119 Å². The van der Waals surface area contributed by atoms with Crippen LogP contribution in [0.5, 0.6) is 0 Å². The molecule has 0 spiro atoms. The van der Waals surface area contributed by atoms with Gasteiger partial charge in [-0.05, 0) is 48.4 Å². The molecule has 2 nitrogen and oxygen atoms in total. The zero-order chi connectivity index (χ0) is 13.7. The third kappa shape index (κ3) is 4.17. The average molecular weight is 322 g/mol. The molecule has 98 valence electrons.